The van der Waals surface area contributed by atoms with Crippen LogP contribution in [0, 0.1) is 6.92 Å². The second-order valence-electron chi connectivity index (χ2n) is 4.97. The van der Waals surface area contributed by atoms with Gasteiger partial charge in [0.05, 0.1) is 7.11 Å². The molecule has 0 aliphatic carbocycles. The highest BCUT2D eigenvalue weighted by molar-refractivity contribution is 6.30. The molecule has 0 aliphatic rings. The van der Waals surface area contributed by atoms with Crippen LogP contribution in [0.25, 0.3) is 0 Å². The minimum atomic E-state index is 0.122. The summed E-state index contributed by atoms with van der Waals surface area (Å²) in [5.74, 6) is 0.846. The SMILES string of the molecule is CCNC(Cc1ncccc1C)c1cc(Cl)ccc1OC. The predicted octanol–water partition coefficient (Wildman–Crippen LogP) is 3.95. The maximum absolute atomic E-state index is 6.15. The van der Waals surface area contributed by atoms with Gasteiger partial charge in [0.25, 0.3) is 0 Å². The molecule has 1 heterocycles. The first-order valence-electron chi connectivity index (χ1n) is 7.13. The first-order chi connectivity index (χ1) is 10.2. The molecule has 0 saturated carbocycles. The summed E-state index contributed by atoms with van der Waals surface area (Å²) in [6.07, 6.45) is 2.64. The number of aryl methyl sites for hydroxylation is 1. The summed E-state index contributed by atoms with van der Waals surface area (Å²) in [6.45, 7) is 5.04. The first kappa shape index (κ1) is 15.8. The van der Waals surface area contributed by atoms with E-state index in [-0.39, 0.29) is 6.04 Å². The molecule has 0 fully saturated rings. The number of benzene rings is 1. The van der Waals surface area contributed by atoms with Crippen LogP contribution in [0.5, 0.6) is 5.75 Å². The number of aromatic nitrogens is 1. The van der Waals surface area contributed by atoms with E-state index < -0.39 is 0 Å². The van der Waals surface area contributed by atoms with E-state index in [9.17, 15) is 0 Å². The number of hydrogen-bond acceptors (Lipinski definition) is 3. The van der Waals surface area contributed by atoms with Crippen LogP contribution >= 0.6 is 11.6 Å². The van der Waals surface area contributed by atoms with E-state index in [0.29, 0.717) is 5.02 Å². The van der Waals surface area contributed by atoms with Gasteiger partial charge in [-0.05, 0) is 43.3 Å². The van der Waals surface area contributed by atoms with E-state index >= 15 is 0 Å². The van der Waals surface area contributed by atoms with Crippen molar-refractivity contribution in [2.45, 2.75) is 26.3 Å². The van der Waals surface area contributed by atoms with Gasteiger partial charge in [0.1, 0.15) is 5.75 Å². The summed E-state index contributed by atoms with van der Waals surface area (Å²) in [4.78, 5) is 4.49. The lowest BCUT2D eigenvalue weighted by Gasteiger charge is -2.21. The summed E-state index contributed by atoms with van der Waals surface area (Å²) in [7, 11) is 1.68. The van der Waals surface area contributed by atoms with Crippen molar-refractivity contribution in [2.24, 2.45) is 0 Å². The van der Waals surface area contributed by atoms with Gasteiger partial charge in [-0.1, -0.05) is 24.6 Å². The summed E-state index contributed by atoms with van der Waals surface area (Å²) in [5.41, 5.74) is 3.35. The van der Waals surface area contributed by atoms with Gasteiger partial charge in [0.2, 0.25) is 0 Å². The highest BCUT2D eigenvalue weighted by atomic mass is 35.5. The third kappa shape index (κ3) is 3.96. The molecule has 2 rings (SSSR count). The lowest BCUT2D eigenvalue weighted by Crippen LogP contribution is -2.24. The summed E-state index contributed by atoms with van der Waals surface area (Å²) in [5, 5.41) is 4.21. The summed E-state index contributed by atoms with van der Waals surface area (Å²) < 4.78 is 5.48. The number of ether oxygens (including phenoxy) is 1. The average molecular weight is 305 g/mol. The second kappa shape index (κ2) is 7.43. The van der Waals surface area contributed by atoms with Gasteiger partial charge < -0.3 is 10.1 Å². The van der Waals surface area contributed by atoms with Crippen molar-refractivity contribution in [3.63, 3.8) is 0 Å². The standard InChI is InChI=1S/C17H21ClN2O/c1-4-19-16(11-15-12(2)6-5-9-20-15)14-10-13(18)7-8-17(14)21-3/h5-10,16,19H,4,11H2,1-3H3. The van der Waals surface area contributed by atoms with Gasteiger partial charge in [-0.2, -0.15) is 0 Å². The normalized spacial score (nSPS) is 12.2. The lowest BCUT2D eigenvalue weighted by atomic mass is 9.98. The smallest absolute Gasteiger partial charge is 0.123 e. The highest BCUT2D eigenvalue weighted by Gasteiger charge is 2.18. The lowest BCUT2D eigenvalue weighted by molar-refractivity contribution is 0.399. The highest BCUT2D eigenvalue weighted by Crippen LogP contribution is 2.30. The van der Waals surface area contributed by atoms with Gasteiger partial charge in [-0.15, -0.1) is 0 Å². The Balaban J connectivity index is 2.35. The van der Waals surface area contributed by atoms with Crippen LogP contribution in [0.15, 0.2) is 36.5 Å². The van der Waals surface area contributed by atoms with E-state index in [1.54, 1.807) is 7.11 Å². The molecule has 1 unspecified atom stereocenters. The molecule has 0 spiro atoms. The van der Waals surface area contributed by atoms with Crippen LogP contribution in [0.2, 0.25) is 5.02 Å². The van der Waals surface area contributed by atoms with Gasteiger partial charge in [-0.25, -0.2) is 0 Å². The van der Waals surface area contributed by atoms with Crippen molar-refractivity contribution in [3.8, 4) is 5.75 Å². The zero-order chi connectivity index (χ0) is 15.2. The fourth-order valence-corrected chi connectivity index (χ4v) is 2.62. The van der Waals surface area contributed by atoms with Crippen molar-refractivity contribution in [2.75, 3.05) is 13.7 Å². The largest absolute Gasteiger partial charge is 0.496 e. The van der Waals surface area contributed by atoms with Crippen LogP contribution in [0.1, 0.15) is 29.8 Å². The molecular formula is C17H21ClN2O. The maximum atomic E-state index is 6.15. The fourth-order valence-electron chi connectivity index (χ4n) is 2.44. The van der Waals surface area contributed by atoms with Crippen molar-refractivity contribution < 1.29 is 4.74 Å². The van der Waals surface area contributed by atoms with E-state index in [1.807, 2.05) is 30.5 Å². The third-order valence-corrected chi connectivity index (χ3v) is 3.77. The van der Waals surface area contributed by atoms with E-state index in [2.05, 4.69) is 30.2 Å². The molecule has 1 aromatic heterocycles. The Kier molecular flexibility index (Phi) is 5.59. The molecule has 0 saturated heterocycles. The molecule has 0 bridgehead atoms. The zero-order valence-electron chi connectivity index (χ0n) is 12.7. The van der Waals surface area contributed by atoms with E-state index in [4.69, 9.17) is 16.3 Å². The average Bonchev–Trinajstić information content (AvgIpc) is 2.49. The van der Waals surface area contributed by atoms with Crippen LogP contribution < -0.4 is 10.1 Å². The number of likely N-dealkylation sites (N-methyl/N-ethyl adjacent to an activating group) is 1. The zero-order valence-corrected chi connectivity index (χ0v) is 13.4. The molecule has 2 aromatic rings. The van der Waals surface area contributed by atoms with Gasteiger partial charge >= 0.3 is 0 Å². The number of rotatable bonds is 6. The number of pyridine rings is 1. The monoisotopic (exact) mass is 304 g/mol. The quantitative estimate of drug-likeness (QED) is 0.877. The molecule has 112 valence electrons. The Labute approximate surface area is 131 Å². The Morgan fingerprint density at radius 3 is 2.81 bits per heavy atom. The molecule has 1 aromatic carbocycles. The molecule has 3 nitrogen and oxygen atoms in total. The molecule has 0 aliphatic heterocycles. The molecule has 0 amide bonds. The van der Waals surface area contributed by atoms with E-state index in [0.717, 1.165) is 30.0 Å². The number of halogens is 1. The number of methoxy groups -OCH3 is 1. The maximum Gasteiger partial charge on any atom is 0.123 e. The van der Waals surface area contributed by atoms with Crippen molar-refractivity contribution in [1.82, 2.24) is 10.3 Å². The van der Waals surface area contributed by atoms with Gasteiger partial charge in [0.15, 0.2) is 0 Å². The fraction of sp³-hybridized carbons (Fsp3) is 0.353. The molecule has 0 radical (unpaired) electrons. The van der Waals surface area contributed by atoms with Crippen molar-refractivity contribution >= 4 is 11.6 Å². The second-order valence-corrected chi connectivity index (χ2v) is 5.40. The third-order valence-electron chi connectivity index (χ3n) is 3.53. The van der Waals surface area contributed by atoms with Crippen LogP contribution in [-0.4, -0.2) is 18.6 Å². The van der Waals surface area contributed by atoms with Gasteiger partial charge in [0, 0.05) is 34.9 Å². The first-order valence-corrected chi connectivity index (χ1v) is 7.50. The Hall–Kier alpha value is -1.58. The molecular weight excluding hydrogens is 284 g/mol. The Morgan fingerprint density at radius 1 is 1.33 bits per heavy atom. The number of nitrogens with one attached hydrogen (secondary N) is 1. The summed E-state index contributed by atoms with van der Waals surface area (Å²) >= 11 is 6.15. The number of nitrogens with zero attached hydrogens (tertiary/aromatic N) is 1. The minimum Gasteiger partial charge on any atom is -0.496 e. The summed E-state index contributed by atoms with van der Waals surface area (Å²) in [6, 6.07) is 9.89. The molecule has 1 atom stereocenters. The Morgan fingerprint density at radius 2 is 2.14 bits per heavy atom. The predicted molar refractivity (Wildman–Crippen MR) is 87.1 cm³/mol. The van der Waals surface area contributed by atoms with Crippen LogP contribution in [0.3, 0.4) is 0 Å². The van der Waals surface area contributed by atoms with Crippen molar-refractivity contribution in [3.05, 3.63) is 58.4 Å². The Bertz CT molecular complexity index is 601. The van der Waals surface area contributed by atoms with Crippen molar-refractivity contribution in [1.29, 1.82) is 0 Å². The molecule has 1 N–H and O–H groups in total. The molecule has 21 heavy (non-hydrogen) atoms. The van der Waals surface area contributed by atoms with Crippen LogP contribution in [0.4, 0.5) is 0 Å². The molecule has 4 heteroatoms. The van der Waals surface area contributed by atoms with Gasteiger partial charge in [-0.3, -0.25) is 4.98 Å². The number of hydrogen-bond donors (Lipinski definition) is 1. The topological polar surface area (TPSA) is 34.2 Å². The van der Waals surface area contributed by atoms with Crippen LogP contribution in [-0.2, 0) is 6.42 Å². The minimum absolute atomic E-state index is 0.122. The van der Waals surface area contributed by atoms with E-state index in [1.165, 1.54) is 5.56 Å².